The highest BCUT2D eigenvalue weighted by molar-refractivity contribution is 6.29. The van der Waals surface area contributed by atoms with Crippen LogP contribution in [0.4, 0.5) is 0 Å². The fourth-order valence-corrected chi connectivity index (χ4v) is 2.66. The minimum absolute atomic E-state index is 0.0235. The number of nitrogens with zero attached hydrogens (tertiary/aromatic N) is 1. The van der Waals surface area contributed by atoms with Crippen LogP contribution in [0.5, 0.6) is 0 Å². The summed E-state index contributed by atoms with van der Waals surface area (Å²) in [6, 6.07) is 2.98. The first kappa shape index (κ1) is 14.7. The first-order valence-electron chi connectivity index (χ1n) is 6.53. The molecule has 1 heterocycles. The van der Waals surface area contributed by atoms with Crippen LogP contribution in [0.1, 0.15) is 43.2 Å². The summed E-state index contributed by atoms with van der Waals surface area (Å²) in [4.78, 5) is 12.2. The summed E-state index contributed by atoms with van der Waals surface area (Å²) in [5.41, 5.74) is 4.97. The summed E-state index contributed by atoms with van der Waals surface area (Å²) in [5, 5.41) is 15.0. The normalized spacial score (nSPS) is 27.3. The molecule has 20 heavy (non-hydrogen) atoms. The van der Waals surface area contributed by atoms with Gasteiger partial charge in [-0.3, -0.25) is 4.79 Å². The van der Waals surface area contributed by atoms with Crippen molar-refractivity contribution < 1.29 is 14.4 Å². The quantitative estimate of drug-likeness (QED) is 0.345. The maximum absolute atomic E-state index is 12.2. The molecule has 1 aromatic heterocycles. The van der Waals surface area contributed by atoms with E-state index in [4.69, 9.17) is 27.0 Å². The molecule has 110 valence electrons. The van der Waals surface area contributed by atoms with Gasteiger partial charge in [0.05, 0.1) is 0 Å². The van der Waals surface area contributed by atoms with Crippen LogP contribution in [0.25, 0.3) is 0 Å². The minimum Gasteiger partial charge on any atom is -0.440 e. The second kappa shape index (κ2) is 5.75. The zero-order valence-electron chi connectivity index (χ0n) is 11.2. The van der Waals surface area contributed by atoms with Gasteiger partial charge in [0.25, 0.3) is 5.91 Å². The zero-order chi connectivity index (χ0) is 14.8. The number of amides is 1. The number of carbonyl (C=O) groups is 1. The predicted molar refractivity (Wildman–Crippen MR) is 75.0 cm³/mol. The van der Waals surface area contributed by atoms with E-state index in [2.05, 4.69) is 17.4 Å². The van der Waals surface area contributed by atoms with Gasteiger partial charge in [0.2, 0.25) is 0 Å². The van der Waals surface area contributed by atoms with Gasteiger partial charge in [-0.05, 0) is 55.3 Å². The van der Waals surface area contributed by atoms with Gasteiger partial charge in [-0.1, -0.05) is 12.1 Å². The summed E-state index contributed by atoms with van der Waals surface area (Å²) in [6.07, 6.45) is 3.05. The third kappa shape index (κ3) is 2.90. The standard InChI is InChI=1S/C13H18ClN3O3/c1-8-4-6-13(7-5-8,12(15)17-19)16-11(18)9-2-3-10(14)20-9/h2-3,8,19H,4-7H2,1H3,(H2,15,17)(H,16,18). The number of nitrogens with two attached hydrogens (primary N) is 1. The molecule has 1 fully saturated rings. The maximum atomic E-state index is 12.2. The van der Waals surface area contributed by atoms with E-state index in [-0.39, 0.29) is 16.8 Å². The molecular weight excluding hydrogens is 282 g/mol. The lowest BCUT2D eigenvalue weighted by molar-refractivity contribution is 0.0869. The van der Waals surface area contributed by atoms with E-state index in [9.17, 15) is 4.79 Å². The molecule has 0 spiro atoms. The van der Waals surface area contributed by atoms with E-state index >= 15 is 0 Å². The highest BCUT2D eigenvalue weighted by Gasteiger charge is 2.40. The van der Waals surface area contributed by atoms with E-state index in [1.807, 2.05) is 0 Å². The highest BCUT2D eigenvalue weighted by Crippen LogP contribution is 2.32. The Bertz CT molecular complexity index is 519. The van der Waals surface area contributed by atoms with Gasteiger partial charge < -0.3 is 20.7 Å². The SMILES string of the molecule is CC1CCC(NC(=O)c2ccc(Cl)o2)(/C(N)=N/O)CC1. The van der Waals surface area contributed by atoms with Crippen molar-refractivity contribution in [2.45, 2.75) is 38.1 Å². The van der Waals surface area contributed by atoms with Gasteiger partial charge in [-0.2, -0.15) is 0 Å². The molecule has 1 aliphatic rings. The number of oxime groups is 1. The van der Waals surface area contributed by atoms with Gasteiger partial charge in [0.15, 0.2) is 16.8 Å². The molecule has 1 aliphatic carbocycles. The van der Waals surface area contributed by atoms with Crippen molar-refractivity contribution in [2.24, 2.45) is 16.8 Å². The number of hydrogen-bond acceptors (Lipinski definition) is 4. The molecule has 0 aromatic carbocycles. The molecule has 4 N–H and O–H groups in total. The topological polar surface area (TPSA) is 101 Å². The fraction of sp³-hybridized carbons (Fsp3) is 0.538. The molecule has 1 aromatic rings. The van der Waals surface area contributed by atoms with Crippen LogP contribution in [0.2, 0.25) is 5.22 Å². The van der Waals surface area contributed by atoms with Crippen LogP contribution < -0.4 is 11.1 Å². The Morgan fingerprint density at radius 1 is 1.55 bits per heavy atom. The molecule has 0 radical (unpaired) electrons. The van der Waals surface area contributed by atoms with E-state index in [0.29, 0.717) is 18.8 Å². The Morgan fingerprint density at radius 3 is 2.70 bits per heavy atom. The molecule has 0 saturated heterocycles. The number of carbonyl (C=O) groups excluding carboxylic acids is 1. The maximum Gasteiger partial charge on any atom is 0.287 e. The van der Waals surface area contributed by atoms with Crippen LogP contribution in [0.15, 0.2) is 21.7 Å². The van der Waals surface area contributed by atoms with Crippen LogP contribution in [0.3, 0.4) is 0 Å². The second-order valence-electron chi connectivity index (χ2n) is 5.31. The third-order valence-corrected chi connectivity index (χ3v) is 4.08. The average Bonchev–Trinajstić information content (AvgIpc) is 2.87. The third-order valence-electron chi connectivity index (χ3n) is 3.88. The predicted octanol–water partition coefficient (Wildman–Crippen LogP) is 2.36. The molecule has 6 nitrogen and oxygen atoms in total. The number of halogens is 1. The average molecular weight is 300 g/mol. The summed E-state index contributed by atoms with van der Waals surface area (Å²) < 4.78 is 5.08. The summed E-state index contributed by atoms with van der Waals surface area (Å²) >= 11 is 5.66. The molecule has 7 heteroatoms. The Morgan fingerprint density at radius 2 is 2.20 bits per heavy atom. The largest absolute Gasteiger partial charge is 0.440 e. The molecule has 0 aliphatic heterocycles. The van der Waals surface area contributed by atoms with Crippen molar-refractivity contribution in [1.82, 2.24) is 5.32 Å². The molecular formula is C13H18ClN3O3. The van der Waals surface area contributed by atoms with Crippen molar-refractivity contribution in [3.05, 3.63) is 23.1 Å². The van der Waals surface area contributed by atoms with Crippen LogP contribution in [-0.4, -0.2) is 22.5 Å². The van der Waals surface area contributed by atoms with E-state index in [1.54, 1.807) is 0 Å². The summed E-state index contributed by atoms with van der Waals surface area (Å²) in [5.74, 6) is 0.275. The Hall–Kier alpha value is -1.69. The Balaban J connectivity index is 2.18. The number of hydrogen-bond donors (Lipinski definition) is 3. The molecule has 0 atom stereocenters. The van der Waals surface area contributed by atoms with Gasteiger partial charge in [-0.25, -0.2) is 0 Å². The van der Waals surface area contributed by atoms with Crippen molar-refractivity contribution in [3.63, 3.8) is 0 Å². The lowest BCUT2D eigenvalue weighted by Gasteiger charge is -2.38. The monoisotopic (exact) mass is 299 g/mol. The zero-order valence-corrected chi connectivity index (χ0v) is 12.0. The first-order chi connectivity index (χ1) is 9.47. The van der Waals surface area contributed by atoms with Gasteiger partial charge in [-0.15, -0.1) is 0 Å². The van der Waals surface area contributed by atoms with E-state index < -0.39 is 11.4 Å². The minimum atomic E-state index is -0.822. The van der Waals surface area contributed by atoms with Crippen molar-refractivity contribution in [1.29, 1.82) is 0 Å². The van der Waals surface area contributed by atoms with Crippen molar-refractivity contribution in [3.8, 4) is 0 Å². The van der Waals surface area contributed by atoms with Crippen LogP contribution in [-0.2, 0) is 0 Å². The van der Waals surface area contributed by atoms with Crippen molar-refractivity contribution >= 4 is 23.3 Å². The van der Waals surface area contributed by atoms with E-state index in [1.165, 1.54) is 12.1 Å². The van der Waals surface area contributed by atoms with Crippen molar-refractivity contribution in [2.75, 3.05) is 0 Å². The lowest BCUT2D eigenvalue weighted by Crippen LogP contribution is -2.59. The molecule has 0 bridgehead atoms. The number of rotatable bonds is 3. The van der Waals surface area contributed by atoms with Gasteiger partial charge >= 0.3 is 0 Å². The summed E-state index contributed by atoms with van der Waals surface area (Å²) in [6.45, 7) is 2.14. The van der Waals surface area contributed by atoms with Gasteiger partial charge in [0.1, 0.15) is 5.54 Å². The molecule has 1 amide bonds. The summed E-state index contributed by atoms with van der Waals surface area (Å²) in [7, 11) is 0. The fourth-order valence-electron chi connectivity index (χ4n) is 2.51. The van der Waals surface area contributed by atoms with Crippen LogP contribution >= 0.6 is 11.6 Å². The van der Waals surface area contributed by atoms with Gasteiger partial charge in [0, 0.05) is 0 Å². The Kier molecular flexibility index (Phi) is 4.23. The molecule has 1 saturated carbocycles. The highest BCUT2D eigenvalue weighted by atomic mass is 35.5. The van der Waals surface area contributed by atoms with Crippen LogP contribution in [0, 0.1) is 5.92 Å². The Labute approximate surface area is 122 Å². The number of nitrogens with one attached hydrogen (secondary N) is 1. The number of furan rings is 1. The smallest absolute Gasteiger partial charge is 0.287 e. The second-order valence-corrected chi connectivity index (χ2v) is 5.68. The lowest BCUT2D eigenvalue weighted by atomic mass is 9.76. The number of amidine groups is 1. The molecule has 2 rings (SSSR count). The molecule has 0 unspecified atom stereocenters. The first-order valence-corrected chi connectivity index (χ1v) is 6.90. The van der Waals surface area contributed by atoms with E-state index in [0.717, 1.165) is 12.8 Å².